The van der Waals surface area contributed by atoms with Gasteiger partial charge in [-0.2, -0.15) is 0 Å². The lowest BCUT2D eigenvalue weighted by Gasteiger charge is -2.38. The number of methoxy groups -OCH3 is 1. The summed E-state index contributed by atoms with van der Waals surface area (Å²) in [7, 11) is 3.69. The number of likely N-dealkylation sites (tertiary alicyclic amines) is 1. The number of anilines is 3. The minimum atomic E-state index is 0.126. The van der Waals surface area contributed by atoms with Crippen molar-refractivity contribution < 1.29 is 19.0 Å². The second-order valence-electron chi connectivity index (χ2n) is 11.8. The van der Waals surface area contributed by atoms with E-state index >= 15 is 0 Å². The minimum absolute atomic E-state index is 0.126. The van der Waals surface area contributed by atoms with Crippen molar-refractivity contribution in [1.82, 2.24) is 14.9 Å². The molecule has 0 bridgehead atoms. The van der Waals surface area contributed by atoms with Crippen LogP contribution in [0, 0.1) is 12.8 Å². The van der Waals surface area contributed by atoms with Gasteiger partial charge in [0.2, 0.25) is 0 Å². The fraction of sp³-hybridized carbons (Fsp3) is 0.545. The van der Waals surface area contributed by atoms with E-state index < -0.39 is 0 Å². The molecule has 0 amide bonds. The molecular formula is C33H46N6O4. The lowest BCUT2D eigenvalue weighted by Crippen LogP contribution is -2.43. The van der Waals surface area contributed by atoms with Gasteiger partial charge in [0.15, 0.2) is 11.5 Å². The van der Waals surface area contributed by atoms with E-state index in [2.05, 4.69) is 48.9 Å². The summed E-state index contributed by atoms with van der Waals surface area (Å²) in [6.07, 6.45) is 6.03. The van der Waals surface area contributed by atoms with E-state index in [9.17, 15) is 4.79 Å². The minimum Gasteiger partial charge on any atom is -0.487 e. The molecule has 232 valence electrons. The first-order valence-corrected chi connectivity index (χ1v) is 15.5. The summed E-state index contributed by atoms with van der Waals surface area (Å²) in [6.45, 7) is 8.90. The number of aldehydes is 1. The van der Waals surface area contributed by atoms with Gasteiger partial charge in [-0.1, -0.05) is 0 Å². The molecule has 5 rings (SSSR count). The number of hydrogen-bond donors (Lipinski definition) is 1. The quantitative estimate of drug-likeness (QED) is 0.228. The summed E-state index contributed by atoms with van der Waals surface area (Å²) in [5.41, 5.74) is 9.38. The van der Waals surface area contributed by atoms with E-state index in [0.717, 1.165) is 80.9 Å². The van der Waals surface area contributed by atoms with Crippen LogP contribution in [0.3, 0.4) is 0 Å². The second-order valence-corrected chi connectivity index (χ2v) is 11.8. The average molecular weight is 591 g/mol. The van der Waals surface area contributed by atoms with Gasteiger partial charge in [-0.15, -0.1) is 0 Å². The number of aromatic nitrogens is 2. The molecule has 43 heavy (non-hydrogen) atoms. The molecule has 0 atom stereocenters. The van der Waals surface area contributed by atoms with Gasteiger partial charge >= 0.3 is 0 Å². The van der Waals surface area contributed by atoms with Gasteiger partial charge in [0.05, 0.1) is 12.1 Å². The van der Waals surface area contributed by atoms with Crippen LogP contribution < -0.4 is 25.0 Å². The van der Waals surface area contributed by atoms with Crippen molar-refractivity contribution in [3.63, 3.8) is 0 Å². The van der Waals surface area contributed by atoms with Crippen LogP contribution in [0.1, 0.15) is 37.9 Å². The van der Waals surface area contributed by atoms with Gasteiger partial charge in [0.25, 0.3) is 0 Å². The Bertz CT molecular complexity index is 1340. The lowest BCUT2D eigenvalue weighted by molar-refractivity contribution is -0.107. The summed E-state index contributed by atoms with van der Waals surface area (Å²) in [5, 5.41) is 0.766. The third kappa shape index (κ3) is 8.06. The van der Waals surface area contributed by atoms with Gasteiger partial charge in [-0.25, -0.2) is 9.97 Å². The SMILES string of the molecule is COCCOc1cc2c(N)nc(C)nc2cc1OC1CCN(CC2CCN(c3ccc(N(C)CCC=O)cc3)CC2)CC1. The second kappa shape index (κ2) is 14.7. The molecule has 0 aliphatic carbocycles. The molecule has 2 aliphatic rings. The Kier molecular flexibility index (Phi) is 10.5. The van der Waals surface area contributed by atoms with E-state index in [-0.39, 0.29) is 6.10 Å². The number of nitrogens with two attached hydrogens (primary N) is 1. The normalized spacial score (nSPS) is 16.9. The number of carbonyl (C=O) groups is 1. The topological polar surface area (TPSA) is 106 Å². The molecule has 2 aliphatic heterocycles. The zero-order valence-corrected chi connectivity index (χ0v) is 25.8. The Balaban J connectivity index is 1.10. The molecule has 10 nitrogen and oxygen atoms in total. The maximum absolute atomic E-state index is 10.7. The first-order chi connectivity index (χ1) is 20.9. The van der Waals surface area contributed by atoms with Crippen LogP contribution >= 0.6 is 0 Å². The highest BCUT2D eigenvalue weighted by molar-refractivity contribution is 5.90. The van der Waals surface area contributed by atoms with Crippen LogP contribution in [0.2, 0.25) is 0 Å². The molecular weight excluding hydrogens is 544 g/mol. The van der Waals surface area contributed by atoms with Crippen molar-refractivity contribution in [2.24, 2.45) is 5.92 Å². The van der Waals surface area contributed by atoms with Crippen LogP contribution in [0.25, 0.3) is 10.9 Å². The average Bonchev–Trinajstić information content (AvgIpc) is 3.02. The first kappa shape index (κ1) is 30.8. The zero-order valence-electron chi connectivity index (χ0n) is 25.8. The maximum Gasteiger partial charge on any atom is 0.163 e. The fourth-order valence-electron chi connectivity index (χ4n) is 6.14. The molecule has 0 unspecified atom stereocenters. The summed E-state index contributed by atoms with van der Waals surface area (Å²) in [5.74, 6) is 3.15. The van der Waals surface area contributed by atoms with Crippen molar-refractivity contribution >= 4 is 34.4 Å². The van der Waals surface area contributed by atoms with E-state index in [1.807, 2.05) is 26.1 Å². The Labute approximate surface area is 255 Å². The molecule has 2 fully saturated rings. The number of rotatable bonds is 13. The Morgan fingerprint density at radius 1 is 1.00 bits per heavy atom. The zero-order chi connectivity index (χ0) is 30.2. The van der Waals surface area contributed by atoms with Crippen LogP contribution in [-0.2, 0) is 9.53 Å². The van der Waals surface area contributed by atoms with E-state index in [4.69, 9.17) is 19.9 Å². The third-order valence-electron chi connectivity index (χ3n) is 8.64. The molecule has 2 saturated heterocycles. The predicted octanol–water partition coefficient (Wildman–Crippen LogP) is 4.33. The summed E-state index contributed by atoms with van der Waals surface area (Å²) in [4.78, 5) is 26.8. The molecule has 0 radical (unpaired) electrons. The van der Waals surface area contributed by atoms with E-state index in [1.54, 1.807) is 7.11 Å². The Hall–Kier alpha value is -3.63. The van der Waals surface area contributed by atoms with E-state index in [1.165, 1.54) is 18.5 Å². The number of aryl methyl sites for hydroxylation is 1. The number of benzene rings is 2. The van der Waals surface area contributed by atoms with Crippen molar-refractivity contribution in [3.05, 3.63) is 42.2 Å². The number of piperidine rings is 2. The molecule has 1 aromatic heterocycles. The molecule has 2 aromatic carbocycles. The highest BCUT2D eigenvalue weighted by Crippen LogP contribution is 2.36. The van der Waals surface area contributed by atoms with Gasteiger partial charge in [0, 0.05) is 82.7 Å². The molecule has 0 saturated carbocycles. The van der Waals surface area contributed by atoms with Gasteiger partial charge in [0.1, 0.15) is 30.6 Å². The van der Waals surface area contributed by atoms with Crippen molar-refractivity contribution in [2.75, 3.05) is 82.2 Å². The number of carbonyl (C=O) groups excluding carboxylic acids is 1. The summed E-state index contributed by atoms with van der Waals surface area (Å²) < 4.78 is 17.7. The van der Waals surface area contributed by atoms with Crippen molar-refractivity contribution in [1.29, 1.82) is 0 Å². The predicted molar refractivity (Wildman–Crippen MR) is 171 cm³/mol. The van der Waals surface area contributed by atoms with Crippen LogP contribution in [0.15, 0.2) is 36.4 Å². The summed E-state index contributed by atoms with van der Waals surface area (Å²) >= 11 is 0. The van der Waals surface area contributed by atoms with Crippen molar-refractivity contribution in [3.8, 4) is 11.5 Å². The Morgan fingerprint density at radius 2 is 1.74 bits per heavy atom. The largest absolute Gasteiger partial charge is 0.487 e. The molecule has 10 heteroatoms. The first-order valence-electron chi connectivity index (χ1n) is 15.5. The van der Waals surface area contributed by atoms with Crippen LogP contribution in [-0.4, -0.2) is 93.9 Å². The highest BCUT2D eigenvalue weighted by Gasteiger charge is 2.26. The Morgan fingerprint density at radius 3 is 2.44 bits per heavy atom. The van der Waals surface area contributed by atoms with Crippen LogP contribution in [0.4, 0.5) is 17.2 Å². The van der Waals surface area contributed by atoms with Gasteiger partial charge in [-0.05, 0) is 68.9 Å². The lowest BCUT2D eigenvalue weighted by atomic mass is 9.94. The van der Waals surface area contributed by atoms with Crippen LogP contribution in [0.5, 0.6) is 11.5 Å². The number of fused-ring (bicyclic) bond motifs is 1. The third-order valence-corrected chi connectivity index (χ3v) is 8.64. The standard InChI is InChI=1S/C33H46N6O4/c1-24-35-30-22-32(31(42-20-19-41-3)21-29(30)33(34)36-24)43-28-11-14-38(15-12-28)23-25-9-16-39(17-10-25)27-7-5-26(6-8-27)37(2)13-4-18-40/h5-8,18,21-22,25,28H,4,9-17,19-20,23H2,1-3H3,(H2,34,35,36). The van der Waals surface area contributed by atoms with Gasteiger partial charge < -0.3 is 39.4 Å². The number of nitrogens with zero attached hydrogens (tertiary/aromatic N) is 5. The maximum atomic E-state index is 10.7. The van der Waals surface area contributed by atoms with Gasteiger partial charge in [-0.3, -0.25) is 0 Å². The highest BCUT2D eigenvalue weighted by atomic mass is 16.5. The summed E-state index contributed by atoms with van der Waals surface area (Å²) in [6, 6.07) is 12.6. The molecule has 3 heterocycles. The molecule has 0 spiro atoms. The molecule has 2 N–H and O–H groups in total. The fourth-order valence-corrected chi connectivity index (χ4v) is 6.14. The van der Waals surface area contributed by atoms with Crippen molar-refractivity contribution in [2.45, 2.75) is 45.1 Å². The monoisotopic (exact) mass is 590 g/mol. The number of nitrogen functional groups attached to an aromatic ring is 1. The number of hydrogen-bond acceptors (Lipinski definition) is 10. The number of ether oxygens (including phenoxy) is 3. The smallest absolute Gasteiger partial charge is 0.163 e. The van der Waals surface area contributed by atoms with E-state index in [0.29, 0.717) is 42.8 Å². The molecule has 3 aromatic rings.